The number of halogens is 1. The molecule has 2 heterocycles. The van der Waals surface area contributed by atoms with E-state index in [1.807, 2.05) is 24.3 Å². The Morgan fingerprint density at radius 1 is 1.16 bits per heavy atom. The maximum atomic E-state index is 11.7. The predicted molar refractivity (Wildman–Crippen MR) is 125 cm³/mol. The molecule has 2 atom stereocenters. The van der Waals surface area contributed by atoms with Gasteiger partial charge in [-0.2, -0.15) is 0 Å². The highest BCUT2D eigenvalue weighted by Gasteiger charge is 2.31. The summed E-state index contributed by atoms with van der Waals surface area (Å²) in [4.78, 5) is 25.4. The van der Waals surface area contributed by atoms with E-state index in [-0.39, 0.29) is 16.4 Å². The van der Waals surface area contributed by atoms with Crippen molar-refractivity contribution in [1.82, 2.24) is 10.6 Å². The largest absolute Gasteiger partial charge is 0.387 e. The van der Waals surface area contributed by atoms with Gasteiger partial charge in [-0.05, 0) is 54.7 Å². The van der Waals surface area contributed by atoms with Crippen LogP contribution < -0.4 is 15.5 Å². The van der Waals surface area contributed by atoms with Crippen molar-refractivity contribution in [3.8, 4) is 0 Å². The van der Waals surface area contributed by atoms with Crippen molar-refractivity contribution in [2.75, 3.05) is 24.5 Å². The summed E-state index contributed by atoms with van der Waals surface area (Å²) in [5.74, 6) is -0.200. The lowest BCUT2D eigenvalue weighted by molar-refractivity contribution is -0.118. The minimum Gasteiger partial charge on any atom is -0.387 e. The summed E-state index contributed by atoms with van der Waals surface area (Å²) in [6.45, 7) is 2.40. The fourth-order valence-corrected chi connectivity index (χ4v) is 5.09. The molecule has 1 unspecified atom stereocenters. The smallest absolute Gasteiger partial charge is 0.286 e. The molecule has 0 radical (unpaired) electrons. The average Bonchev–Trinajstić information content (AvgIpc) is 3.09. The molecule has 0 spiro atoms. The number of aliphatic hydroxyl groups excluding tert-OH is 1. The number of carbonyl (C=O) groups excluding carboxylic acids is 2. The molecule has 164 valence electrons. The quantitative estimate of drug-likeness (QED) is 0.587. The van der Waals surface area contributed by atoms with E-state index >= 15 is 0 Å². The van der Waals surface area contributed by atoms with Crippen molar-refractivity contribution in [3.05, 3.63) is 64.7 Å². The molecule has 2 amide bonds. The number of benzene rings is 2. The van der Waals surface area contributed by atoms with E-state index in [1.54, 1.807) is 12.1 Å². The van der Waals surface area contributed by atoms with Crippen LogP contribution in [0.4, 0.5) is 10.5 Å². The molecule has 2 saturated heterocycles. The molecule has 8 heteroatoms. The van der Waals surface area contributed by atoms with Crippen LogP contribution >= 0.6 is 23.4 Å². The second-order valence-electron chi connectivity index (χ2n) is 7.99. The Kier molecular flexibility index (Phi) is 7.17. The number of anilines is 1. The first-order valence-corrected chi connectivity index (χ1v) is 11.8. The van der Waals surface area contributed by atoms with Gasteiger partial charge in [-0.25, -0.2) is 0 Å². The summed E-state index contributed by atoms with van der Waals surface area (Å²) >= 11 is 7.07. The number of nitrogens with zero attached hydrogens (tertiary/aromatic N) is 1. The third-order valence-corrected chi connectivity index (χ3v) is 7.03. The van der Waals surface area contributed by atoms with Gasteiger partial charge in [-0.1, -0.05) is 47.6 Å². The normalized spacial score (nSPS) is 20.7. The van der Waals surface area contributed by atoms with E-state index in [0.29, 0.717) is 24.0 Å². The van der Waals surface area contributed by atoms with Crippen LogP contribution in [-0.2, 0) is 11.2 Å². The number of carbonyl (C=O) groups is 2. The van der Waals surface area contributed by atoms with E-state index in [2.05, 4.69) is 27.7 Å². The summed E-state index contributed by atoms with van der Waals surface area (Å²) in [6, 6.07) is 16.0. The first-order valence-electron chi connectivity index (χ1n) is 10.5. The lowest BCUT2D eigenvalue weighted by Gasteiger charge is -2.34. The van der Waals surface area contributed by atoms with E-state index in [9.17, 15) is 14.7 Å². The molecule has 2 aliphatic rings. The van der Waals surface area contributed by atoms with Gasteiger partial charge in [0.2, 0.25) is 5.91 Å². The van der Waals surface area contributed by atoms with Crippen molar-refractivity contribution in [3.63, 3.8) is 0 Å². The summed E-state index contributed by atoms with van der Waals surface area (Å²) in [5, 5.41) is 16.2. The van der Waals surface area contributed by atoms with Crippen LogP contribution in [0.15, 0.2) is 48.5 Å². The fourth-order valence-electron chi connectivity index (χ4n) is 4.04. The molecule has 4 rings (SSSR count). The van der Waals surface area contributed by atoms with E-state index in [1.165, 1.54) is 5.69 Å². The van der Waals surface area contributed by atoms with Crippen LogP contribution in [0, 0.1) is 0 Å². The maximum Gasteiger partial charge on any atom is 0.286 e. The zero-order valence-corrected chi connectivity index (χ0v) is 18.7. The topological polar surface area (TPSA) is 81.7 Å². The Morgan fingerprint density at radius 3 is 2.55 bits per heavy atom. The monoisotopic (exact) mass is 459 g/mol. The predicted octanol–water partition coefficient (Wildman–Crippen LogP) is 3.53. The standard InChI is InChI=1S/C23H26ClN3O3S/c24-17-3-1-2-16(13-17)20(28)14-25-18-8-10-27(11-9-18)19-6-4-15(5-7-19)12-21-22(29)26-23(30)31-21/h1-7,13,18,20-21,25,28H,8-12,14H2,(H,26,29,30)/t20-,21?/m0/s1. The number of rotatable bonds is 7. The van der Waals surface area contributed by atoms with Crippen LogP contribution in [0.5, 0.6) is 0 Å². The van der Waals surface area contributed by atoms with Gasteiger partial charge in [0.25, 0.3) is 5.24 Å². The highest BCUT2D eigenvalue weighted by atomic mass is 35.5. The Morgan fingerprint density at radius 2 is 1.90 bits per heavy atom. The summed E-state index contributed by atoms with van der Waals surface area (Å²) in [7, 11) is 0. The lowest BCUT2D eigenvalue weighted by Crippen LogP contribution is -2.43. The van der Waals surface area contributed by atoms with E-state index in [0.717, 1.165) is 48.8 Å². The van der Waals surface area contributed by atoms with Crippen LogP contribution in [0.3, 0.4) is 0 Å². The summed E-state index contributed by atoms with van der Waals surface area (Å²) < 4.78 is 0. The number of amides is 2. The Bertz CT molecular complexity index is 932. The van der Waals surface area contributed by atoms with Crippen molar-refractivity contribution < 1.29 is 14.7 Å². The van der Waals surface area contributed by atoms with Gasteiger partial charge >= 0.3 is 0 Å². The van der Waals surface area contributed by atoms with Gasteiger partial charge in [0, 0.05) is 36.4 Å². The van der Waals surface area contributed by atoms with Crippen molar-refractivity contribution >= 4 is 40.2 Å². The highest BCUT2D eigenvalue weighted by molar-refractivity contribution is 8.15. The van der Waals surface area contributed by atoms with Crippen LogP contribution in [0.1, 0.15) is 30.1 Å². The molecule has 0 bridgehead atoms. The van der Waals surface area contributed by atoms with Gasteiger partial charge in [0.1, 0.15) is 0 Å². The average molecular weight is 460 g/mol. The first-order chi connectivity index (χ1) is 15.0. The molecular weight excluding hydrogens is 434 g/mol. The number of piperidine rings is 1. The zero-order valence-electron chi connectivity index (χ0n) is 17.1. The first kappa shape index (κ1) is 22.1. The molecule has 2 aliphatic heterocycles. The van der Waals surface area contributed by atoms with Crippen LogP contribution in [0.25, 0.3) is 0 Å². The Balaban J connectivity index is 1.23. The Labute approximate surface area is 191 Å². The van der Waals surface area contributed by atoms with E-state index in [4.69, 9.17) is 11.6 Å². The molecule has 3 N–H and O–H groups in total. The zero-order chi connectivity index (χ0) is 21.8. The molecule has 2 aromatic rings. The third-order valence-electron chi connectivity index (χ3n) is 5.82. The minimum atomic E-state index is -0.570. The molecule has 0 aliphatic carbocycles. The van der Waals surface area contributed by atoms with Gasteiger partial charge in [0.15, 0.2) is 0 Å². The van der Waals surface area contributed by atoms with Crippen molar-refractivity contribution in [2.24, 2.45) is 0 Å². The minimum absolute atomic E-state index is 0.200. The second-order valence-corrected chi connectivity index (χ2v) is 9.61. The number of imide groups is 1. The van der Waals surface area contributed by atoms with Crippen LogP contribution in [-0.4, -0.2) is 47.2 Å². The number of hydrogen-bond acceptors (Lipinski definition) is 6. The molecule has 0 aromatic heterocycles. The molecule has 2 fully saturated rings. The molecule has 2 aromatic carbocycles. The van der Waals surface area contributed by atoms with Gasteiger partial charge in [0.05, 0.1) is 11.4 Å². The summed E-state index contributed by atoms with van der Waals surface area (Å²) in [5.41, 5.74) is 3.05. The SMILES string of the molecule is O=C1NC(=O)C(Cc2ccc(N3CCC(NC[C@H](O)c4cccc(Cl)c4)CC3)cc2)S1. The van der Waals surface area contributed by atoms with Gasteiger partial charge < -0.3 is 15.3 Å². The van der Waals surface area contributed by atoms with E-state index < -0.39 is 6.10 Å². The Hall–Kier alpha value is -2.06. The third kappa shape index (κ3) is 5.80. The fraction of sp³-hybridized carbons (Fsp3) is 0.391. The molecular formula is C23H26ClN3O3S. The molecule has 0 saturated carbocycles. The second kappa shape index (κ2) is 10.0. The van der Waals surface area contributed by atoms with Crippen molar-refractivity contribution in [2.45, 2.75) is 36.7 Å². The number of aliphatic hydroxyl groups is 1. The summed E-state index contributed by atoms with van der Waals surface area (Å²) in [6.07, 6.45) is 2.00. The van der Waals surface area contributed by atoms with Gasteiger partial charge in [-0.3, -0.25) is 14.9 Å². The highest BCUT2D eigenvalue weighted by Crippen LogP contribution is 2.25. The van der Waals surface area contributed by atoms with Crippen molar-refractivity contribution in [1.29, 1.82) is 0 Å². The van der Waals surface area contributed by atoms with Gasteiger partial charge in [-0.15, -0.1) is 0 Å². The number of hydrogen-bond donors (Lipinski definition) is 3. The molecule has 31 heavy (non-hydrogen) atoms. The number of nitrogens with one attached hydrogen (secondary N) is 2. The lowest BCUT2D eigenvalue weighted by atomic mass is 10.0. The number of thioether (sulfide) groups is 1. The maximum absolute atomic E-state index is 11.7. The van der Waals surface area contributed by atoms with Crippen LogP contribution in [0.2, 0.25) is 5.02 Å². The molecule has 6 nitrogen and oxygen atoms in total.